The van der Waals surface area contributed by atoms with Gasteiger partial charge in [0.15, 0.2) is 5.16 Å². The van der Waals surface area contributed by atoms with Crippen LogP contribution in [0.2, 0.25) is 0 Å². The Bertz CT molecular complexity index is 595. The molecule has 0 spiro atoms. The zero-order chi connectivity index (χ0) is 19.1. The summed E-state index contributed by atoms with van der Waals surface area (Å²) in [6, 6.07) is 0. The van der Waals surface area contributed by atoms with E-state index in [4.69, 9.17) is 4.74 Å². The monoisotopic (exact) mass is 395 g/mol. The molecule has 0 unspecified atom stereocenters. The zero-order valence-corrected chi connectivity index (χ0v) is 17.5. The summed E-state index contributed by atoms with van der Waals surface area (Å²) in [4.78, 5) is 14.5. The van der Waals surface area contributed by atoms with Gasteiger partial charge in [-0.3, -0.25) is 9.36 Å². The topological polar surface area (TPSA) is 72.3 Å². The van der Waals surface area contributed by atoms with Gasteiger partial charge in [0.25, 0.3) is 0 Å². The van der Waals surface area contributed by atoms with Crippen LogP contribution in [-0.4, -0.2) is 59.3 Å². The van der Waals surface area contributed by atoms with Gasteiger partial charge < -0.3 is 15.0 Å². The minimum Gasteiger partial charge on any atom is -0.378 e. The van der Waals surface area contributed by atoms with Gasteiger partial charge in [-0.25, -0.2) is 0 Å². The summed E-state index contributed by atoms with van der Waals surface area (Å²) < 4.78 is 7.61. The Morgan fingerprint density at radius 1 is 1.22 bits per heavy atom. The van der Waals surface area contributed by atoms with E-state index in [9.17, 15) is 4.79 Å². The first kappa shape index (κ1) is 20.5. The van der Waals surface area contributed by atoms with Crippen LogP contribution in [-0.2, 0) is 16.1 Å². The van der Waals surface area contributed by atoms with Gasteiger partial charge in [0.2, 0.25) is 11.9 Å². The second-order valence-electron chi connectivity index (χ2n) is 7.98. The molecule has 1 saturated heterocycles. The van der Waals surface area contributed by atoms with E-state index in [1.54, 1.807) is 0 Å². The van der Waals surface area contributed by atoms with Gasteiger partial charge in [0.1, 0.15) is 0 Å². The highest BCUT2D eigenvalue weighted by atomic mass is 32.2. The number of hydrogen-bond acceptors (Lipinski definition) is 6. The predicted molar refractivity (Wildman–Crippen MR) is 108 cm³/mol. The lowest BCUT2D eigenvalue weighted by molar-refractivity contribution is -0.118. The van der Waals surface area contributed by atoms with Crippen molar-refractivity contribution in [2.45, 2.75) is 57.7 Å². The molecule has 0 aromatic carbocycles. The standard InChI is InChI=1S/C19H33N5O2S/c1-15(2)13-24-18(23-8-10-26-11-9-23)21-22-19(24)27-14-17(25)20-12-16-6-4-3-5-7-16/h15-16H,3-14H2,1-2H3,(H,20,25). The molecule has 8 heteroatoms. The fraction of sp³-hybridized carbons (Fsp3) is 0.842. The lowest BCUT2D eigenvalue weighted by Crippen LogP contribution is -2.38. The van der Waals surface area contributed by atoms with Crippen LogP contribution in [0.25, 0.3) is 0 Å². The first-order chi connectivity index (χ1) is 13.1. The number of carbonyl (C=O) groups is 1. The van der Waals surface area contributed by atoms with Gasteiger partial charge in [0.05, 0.1) is 19.0 Å². The molecular weight excluding hydrogens is 362 g/mol. The number of thioether (sulfide) groups is 1. The Morgan fingerprint density at radius 3 is 2.67 bits per heavy atom. The molecule has 0 bridgehead atoms. The smallest absolute Gasteiger partial charge is 0.230 e. The molecule has 1 saturated carbocycles. The highest BCUT2D eigenvalue weighted by molar-refractivity contribution is 7.99. The van der Waals surface area contributed by atoms with Crippen LogP contribution in [0.15, 0.2) is 5.16 Å². The van der Waals surface area contributed by atoms with E-state index in [0.29, 0.717) is 17.6 Å². The summed E-state index contributed by atoms with van der Waals surface area (Å²) in [6.45, 7) is 9.17. The van der Waals surface area contributed by atoms with E-state index >= 15 is 0 Å². The maximum atomic E-state index is 12.3. The summed E-state index contributed by atoms with van der Waals surface area (Å²) >= 11 is 1.49. The minimum absolute atomic E-state index is 0.0950. The highest BCUT2D eigenvalue weighted by Crippen LogP contribution is 2.25. The molecule has 1 aromatic heterocycles. The molecule has 0 radical (unpaired) electrons. The number of hydrogen-bond donors (Lipinski definition) is 1. The largest absolute Gasteiger partial charge is 0.378 e. The van der Waals surface area contributed by atoms with Crippen LogP contribution in [0.4, 0.5) is 5.95 Å². The Kier molecular flexibility index (Phi) is 7.81. The molecular formula is C19H33N5O2S. The molecule has 2 fully saturated rings. The molecule has 0 atom stereocenters. The second kappa shape index (κ2) is 10.3. The van der Waals surface area contributed by atoms with Crippen LogP contribution in [0.1, 0.15) is 46.0 Å². The van der Waals surface area contributed by atoms with E-state index in [0.717, 1.165) is 50.5 Å². The Hall–Kier alpha value is -1.28. The minimum atomic E-state index is 0.0950. The van der Waals surface area contributed by atoms with Gasteiger partial charge in [0, 0.05) is 26.2 Å². The normalized spacial score (nSPS) is 18.9. The fourth-order valence-corrected chi connectivity index (χ4v) is 4.51. The number of anilines is 1. The number of rotatable bonds is 8. The van der Waals surface area contributed by atoms with Crippen LogP contribution < -0.4 is 10.2 Å². The first-order valence-corrected chi connectivity index (χ1v) is 11.3. The first-order valence-electron chi connectivity index (χ1n) is 10.3. The number of amides is 1. The van der Waals surface area contributed by atoms with Crippen molar-refractivity contribution in [1.29, 1.82) is 0 Å². The number of nitrogens with one attached hydrogen (secondary N) is 1. The number of aromatic nitrogens is 3. The molecule has 27 heavy (non-hydrogen) atoms. The Labute approximate surface area is 166 Å². The average Bonchev–Trinajstić information content (AvgIpc) is 3.08. The predicted octanol–water partition coefficient (Wildman–Crippen LogP) is 2.56. The molecule has 1 aliphatic carbocycles. The number of morpholine rings is 1. The molecule has 2 heterocycles. The van der Waals surface area contributed by atoms with Crippen LogP contribution in [0.3, 0.4) is 0 Å². The van der Waals surface area contributed by atoms with Gasteiger partial charge in [-0.2, -0.15) is 0 Å². The lowest BCUT2D eigenvalue weighted by atomic mass is 9.89. The van der Waals surface area contributed by atoms with Gasteiger partial charge in [-0.15, -0.1) is 10.2 Å². The lowest BCUT2D eigenvalue weighted by Gasteiger charge is -2.28. The van der Waals surface area contributed by atoms with Crippen LogP contribution >= 0.6 is 11.8 Å². The highest BCUT2D eigenvalue weighted by Gasteiger charge is 2.22. The van der Waals surface area contributed by atoms with Crippen molar-refractivity contribution in [3.05, 3.63) is 0 Å². The molecule has 1 aromatic rings. The summed E-state index contributed by atoms with van der Waals surface area (Å²) in [7, 11) is 0. The molecule has 3 rings (SSSR count). The van der Waals surface area contributed by atoms with E-state index < -0.39 is 0 Å². The van der Waals surface area contributed by atoms with Gasteiger partial charge in [-0.1, -0.05) is 44.9 Å². The summed E-state index contributed by atoms with van der Waals surface area (Å²) in [5.74, 6) is 2.53. The Balaban J connectivity index is 1.54. The van der Waals surface area contributed by atoms with Crippen molar-refractivity contribution < 1.29 is 9.53 Å². The van der Waals surface area contributed by atoms with Crippen molar-refractivity contribution >= 4 is 23.6 Å². The van der Waals surface area contributed by atoms with E-state index in [2.05, 4.69) is 38.8 Å². The second-order valence-corrected chi connectivity index (χ2v) is 8.93. The molecule has 1 N–H and O–H groups in total. The molecule has 152 valence electrons. The molecule has 1 aliphatic heterocycles. The third-order valence-electron chi connectivity index (χ3n) is 5.18. The van der Waals surface area contributed by atoms with Crippen molar-refractivity contribution in [3.63, 3.8) is 0 Å². The fourth-order valence-electron chi connectivity index (χ4n) is 3.74. The van der Waals surface area contributed by atoms with Gasteiger partial charge >= 0.3 is 0 Å². The van der Waals surface area contributed by atoms with Crippen LogP contribution in [0, 0.1) is 11.8 Å². The summed E-state index contributed by atoms with van der Waals surface area (Å²) in [5, 5.41) is 12.7. The van der Waals surface area contributed by atoms with Crippen molar-refractivity contribution in [2.75, 3.05) is 43.5 Å². The summed E-state index contributed by atoms with van der Waals surface area (Å²) in [5.41, 5.74) is 0. The maximum Gasteiger partial charge on any atom is 0.230 e. The quantitative estimate of drug-likeness (QED) is 0.682. The number of ether oxygens (including phenoxy) is 1. The Morgan fingerprint density at radius 2 is 1.96 bits per heavy atom. The molecule has 1 amide bonds. The summed E-state index contributed by atoms with van der Waals surface area (Å²) in [6.07, 6.45) is 6.45. The number of nitrogens with zero attached hydrogens (tertiary/aromatic N) is 4. The van der Waals surface area contributed by atoms with E-state index in [-0.39, 0.29) is 5.91 Å². The third kappa shape index (κ3) is 6.10. The maximum absolute atomic E-state index is 12.3. The molecule has 7 nitrogen and oxygen atoms in total. The van der Waals surface area contributed by atoms with Crippen LogP contribution in [0.5, 0.6) is 0 Å². The van der Waals surface area contributed by atoms with Crippen molar-refractivity contribution in [3.8, 4) is 0 Å². The third-order valence-corrected chi connectivity index (χ3v) is 6.15. The van der Waals surface area contributed by atoms with E-state index in [1.807, 2.05) is 0 Å². The van der Waals surface area contributed by atoms with Gasteiger partial charge in [-0.05, 0) is 24.7 Å². The van der Waals surface area contributed by atoms with Crippen molar-refractivity contribution in [2.24, 2.45) is 11.8 Å². The zero-order valence-electron chi connectivity index (χ0n) is 16.7. The average molecular weight is 396 g/mol. The number of carbonyl (C=O) groups excluding carboxylic acids is 1. The molecule has 2 aliphatic rings. The van der Waals surface area contributed by atoms with E-state index in [1.165, 1.54) is 43.9 Å². The van der Waals surface area contributed by atoms with Crippen molar-refractivity contribution in [1.82, 2.24) is 20.1 Å². The SMILES string of the molecule is CC(C)Cn1c(SCC(=O)NCC2CCCCC2)nnc1N1CCOCC1.